The van der Waals surface area contributed by atoms with Gasteiger partial charge in [-0.1, -0.05) is 11.5 Å². The number of pyridine rings is 1. The van der Waals surface area contributed by atoms with Crippen LogP contribution < -0.4 is 56.8 Å². The van der Waals surface area contributed by atoms with E-state index in [9.17, 15) is 26.1 Å². The van der Waals surface area contributed by atoms with Gasteiger partial charge in [-0.2, -0.15) is 4.39 Å². The smallest absolute Gasteiger partial charge is 0.445 e. The van der Waals surface area contributed by atoms with Crippen molar-refractivity contribution in [3.05, 3.63) is 23.8 Å². The average Bonchev–Trinajstić information content (AvgIpc) is 2.02. The van der Waals surface area contributed by atoms with Gasteiger partial charge in [0.1, 0.15) is 0 Å². The first kappa shape index (κ1) is 15.4. The number of hydrogen-bond acceptors (Lipinski definition) is 1. The van der Waals surface area contributed by atoms with Gasteiger partial charge in [-0.3, -0.25) is 0 Å². The number of alkyl halides is 2. The summed E-state index contributed by atoms with van der Waals surface area (Å²) in [4.78, 5) is 2.62. The quantitative estimate of drug-likeness (QED) is 0.382. The van der Waals surface area contributed by atoms with Crippen molar-refractivity contribution in [3.63, 3.8) is 0 Å². The third-order valence-corrected chi connectivity index (χ3v) is 1.50. The zero-order valence-corrected chi connectivity index (χ0v) is 10.6. The minimum atomic E-state index is -5.43. The molecule has 0 bridgehead atoms. The molecule has 0 aliphatic heterocycles. The fourth-order valence-electron chi connectivity index (χ4n) is 0.814. The van der Waals surface area contributed by atoms with Crippen molar-refractivity contribution in [2.24, 2.45) is 0 Å². The molecule has 0 N–H and O–H groups in total. The van der Waals surface area contributed by atoms with Crippen molar-refractivity contribution < 1.29 is 77.5 Å². The third-order valence-electron chi connectivity index (χ3n) is 1.50. The van der Waals surface area contributed by atoms with E-state index in [4.69, 9.17) is 0 Å². The molecule has 15 heavy (non-hydrogen) atoms. The zero-order chi connectivity index (χ0) is 10.9. The van der Waals surface area contributed by atoms with Crippen LogP contribution >= 0.6 is 0 Å². The summed E-state index contributed by atoms with van der Waals surface area (Å²) < 4.78 is 72.4. The second-order valence-electron chi connectivity index (χ2n) is 2.52. The molecule has 0 aliphatic carbocycles. The summed E-state index contributed by atoms with van der Waals surface area (Å²) in [5.41, 5.74) is -2.66. The molecule has 0 fully saturated rings. The van der Waals surface area contributed by atoms with Crippen LogP contribution in [0.1, 0.15) is 12.0 Å². The maximum atomic E-state index is 12.5. The Bertz CT molecular complexity index is 341. The maximum Gasteiger partial charge on any atom is 1.00 e. The summed E-state index contributed by atoms with van der Waals surface area (Å²) >= 11 is 0. The van der Waals surface area contributed by atoms with E-state index in [0.29, 0.717) is 0 Å². The molecule has 0 spiro atoms. The Morgan fingerprint density at radius 3 is 2.13 bits per heavy atom. The fraction of sp³-hybridized carbons (Fsp3) is 0.167. The van der Waals surface area contributed by atoms with E-state index >= 15 is 0 Å². The van der Waals surface area contributed by atoms with Crippen molar-refractivity contribution in [1.82, 2.24) is 4.98 Å². The van der Waals surface area contributed by atoms with Gasteiger partial charge in [0.2, 0.25) is 5.95 Å². The first-order valence-electron chi connectivity index (χ1n) is 3.46. The molecule has 0 unspecified atom stereocenters. The van der Waals surface area contributed by atoms with Crippen molar-refractivity contribution in [1.29, 1.82) is 0 Å². The first-order chi connectivity index (χ1) is 6.32. The minimum absolute atomic E-state index is 0. The van der Waals surface area contributed by atoms with Crippen molar-refractivity contribution in [2.45, 2.75) is 6.43 Å². The molecule has 0 amide bonds. The van der Waals surface area contributed by atoms with Crippen LogP contribution in [-0.4, -0.2) is 12.0 Å². The maximum absolute atomic E-state index is 12.5. The Labute approximate surface area is 124 Å². The van der Waals surface area contributed by atoms with E-state index in [2.05, 4.69) is 4.98 Å². The first-order valence-corrected chi connectivity index (χ1v) is 3.46. The number of halogens is 6. The summed E-state index contributed by atoms with van der Waals surface area (Å²) in [6, 6.07) is 0.0764. The summed E-state index contributed by atoms with van der Waals surface area (Å²) in [6.45, 7) is -5.43. The standard InChI is InChI=1S/C6H3BF6N.K/c8-5(9)4-1-3(7(11,12)13)2-14-6(4)10;/h1-2,5H;/q-1;+1. The Balaban J connectivity index is 0.00000196. The van der Waals surface area contributed by atoms with Crippen LogP contribution in [0.5, 0.6) is 0 Å². The Kier molecular flexibility index (Phi) is 5.83. The van der Waals surface area contributed by atoms with Gasteiger partial charge in [-0.25, -0.2) is 13.8 Å². The molecule has 0 saturated carbocycles. The Morgan fingerprint density at radius 2 is 1.73 bits per heavy atom. The van der Waals surface area contributed by atoms with Gasteiger partial charge in [0.15, 0.2) is 0 Å². The largest absolute Gasteiger partial charge is 1.00 e. The van der Waals surface area contributed by atoms with E-state index in [1.54, 1.807) is 0 Å². The van der Waals surface area contributed by atoms with Gasteiger partial charge in [0, 0.05) is 6.20 Å². The van der Waals surface area contributed by atoms with Crippen LogP contribution in [0.3, 0.4) is 0 Å². The molecule has 1 rings (SSSR count). The minimum Gasteiger partial charge on any atom is -0.445 e. The number of aromatic nitrogens is 1. The van der Waals surface area contributed by atoms with E-state index in [-0.39, 0.29) is 63.6 Å². The predicted molar refractivity (Wildman–Crippen MR) is 37.9 cm³/mol. The van der Waals surface area contributed by atoms with Gasteiger partial charge in [-0.15, -0.1) is 0 Å². The van der Waals surface area contributed by atoms with Crippen molar-refractivity contribution in [2.75, 3.05) is 0 Å². The van der Waals surface area contributed by atoms with Crippen LogP contribution in [0.2, 0.25) is 0 Å². The summed E-state index contributed by atoms with van der Waals surface area (Å²) in [6.07, 6.45) is -3.11. The molecule has 0 saturated heterocycles. The van der Waals surface area contributed by atoms with Gasteiger partial charge < -0.3 is 12.9 Å². The monoisotopic (exact) mass is 253 g/mol. The Morgan fingerprint density at radius 1 is 1.20 bits per heavy atom. The number of hydrogen-bond donors (Lipinski definition) is 0. The molecule has 0 aromatic carbocycles. The molecule has 1 aromatic heterocycles. The second kappa shape index (κ2) is 5.67. The van der Waals surface area contributed by atoms with Crippen LogP contribution in [0.4, 0.5) is 26.1 Å². The zero-order valence-electron chi connectivity index (χ0n) is 7.52. The molecule has 1 aromatic rings. The third kappa shape index (κ3) is 4.06. The van der Waals surface area contributed by atoms with Crippen molar-refractivity contribution >= 4 is 12.4 Å². The molecule has 78 valence electrons. The molecular formula is C6H3BF6KN. The van der Waals surface area contributed by atoms with Gasteiger partial charge in [0.05, 0.1) is 5.56 Å². The van der Waals surface area contributed by atoms with Crippen molar-refractivity contribution in [3.8, 4) is 0 Å². The van der Waals surface area contributed by atoms with Crippen LogP contribution in [0, 0.1) is 5.95 Å². The molecular weight excluding hydrogens is 250 g/mol. The normalized spacial score (nSPS) is 11.4. The van der Waals surface area contributed by atoms with E-state index in [1.807, 2.05) is 0 Å². The summed E-state index contributed by atoms with van der Waals surface area (Å²) in [5.74, 6) is -1.58. The van der Waals surface area contributed by atoms with E-state index in [1.165, 1.54) is 0 Å². The number of rotatable bonds is 2. The summed E-state index contributed by atoms with van der Waals surface area (Å²) in [5, 5.41) is 0. The Hall–Kier alpha value is 0.431. The molecule has 1 heterocycles. The van der Waals surface area contributed by atoms with E-state index in [0.717, 1.165) is 0 Å². The molecule has 0 aliphatic rings. The fourth-order valence-corrected chi connectivity index (χ4v) is 0.814. The average molecular weight is 253 g/mol. The van der Waals surface area contributed by atoms with Crippen LogP contribution in [-0.2, 0) is 0 Å². The molecule has 1 nitrogen and oxygen atoms in total. The molecule has 0 radical (unpaired) electrons. The SMILES string of the molecule is Fc1ncc([B-](F)(F)F)cc1C(F)F.[K+]. The van der Waals surface area contributed by atoms with Crippen LogP contribution in [0.25, 0.3) is 0 Å². The van der Waals surface area contributed by atoms with Gasteiger partial charge in [0.25, 0.3) is 6.43 Å². The van der Waals surface area contributed by atoms with Gasteiger partial charge in [-0.05, 0) is 0 Å². The summed E-state index contributed by atoms with van der Waals surface area (Å²) in [7, 11) is 0. The van der Waals surface area contributed by atoms with E-state index < -0.39 is 30.4 Å². The predicted octanol–water partition coefficient (Wildman–Crippen LogP) is -0.783. The number of nitrogens with zero attached hydrogens (tertiary/aromatic N) is 1. The second-order valence-corrected chi connectivity index (χ2v) is 2.52. The topological polar surface area (TPSA) is 12.9 Å². The van der Waals surface area contributed by atoms with Gasteiger partial charge >= 0.3 is 58.4 Å². The molecule has 0 atom stereocenters. The molecule has 9 heteroatoms. The van der Waals surface area contributed by atoms with Crippen LogP contribution in [0.15, 0.2) is 12.3 Å².